The molecule has 2 N–H and O–H groups in total. The fourth-order valence-electron chi connectivity index (χ4n) is 2.24. The molecule has 2 rings (SSSR count). The Hall–Kier alpha value is -2.09. The van der Waals surface area contributed by atoms with E-state index in [-0.39, 0.29) is 11.4 Å². The number of rotatable bonds is 5. The van der Waals surface area contributed by atoms with Gasteiger partial charge in [-0.3, -0.25) is 14.2 Å². The highest BCUT2D eigenvalue weighted by molar-refractivity contribution is 6.42. The maximum atomic E-state index is 12.3. The number of carbonyl (C=O) groups is 2. The van der Waals surface area contributed by atoms with Gasteiger partial charge in [-0.15, -0.1) is 0 Å². The van der Waals surface area contributed by atoms with Gasteiger partial charge in [0.25, 0.3) is 11.8 Å². The summed E-state index contributed by atoms with van der Waals surface area (Å²) < 4.78 is 6.95. The normalized spacial score (nSPS) is 11.9. The van der Waals surface area contributed by atoms with Crippen LogP contribution >= 0.6 is 23.2 Å². The maximum Gasteiger partial charge on any atom is 0.272 e. The number of hydrogen-bond acceptors (Lipinski definition) is 4. The lowest BCUT2D eigenvalue weighted by molar-refractivity contribution is 0.0715. The van der Waals surface area contributed by atoms with Crippen molar-refractivity contribution in [1.82, 2.24) is 20.2 Å². The Morgan fingerprint density at radius 3 is 2.38 bits per heavy atom. The summed E-state index contributed by atoms with van der Waals surface area (Å²) in [5, 5.41) is 5.70. The van der Waals surface area contributed by atoms with Gasteiger partial charge in [0.05, 0.1) is 16.4 Å². The van der Waals surface area contributed by atoms with Gasteiger partial charge in [0.15, 0.2) is 11.9 Å². The number of benzene rings is 1. The average molecular weight is 371 g/mol. The number of hydrogen-bond donors (Lipinski definition) is 2. The minimum absolute atomic E-state index is 0.000963. The third-order valence-corrected chi connectivity index (χ3v) is 4.12. The number of amides is 2. The molecule has 0 saturated carbocycles. The first-order valence-corrected chi connectivity index (χ1v) is 7.68. The van der Waals surface area contributed by atoms with Crippen LogP contribution in [-0.4, -0.2) is 42.6 Å². The molecule has 0 saturated heterocycles. The van der Waals surface area contributed by atoms with E-state index in [0.717, 1.165) is 0 Å². The van der Waals surface area contributed by atoms with Crippen LogP contribution in [0.1, 0.15) is 32.8 Å². The van der Waals surface area contributed by atoms with Crippen molar-refractivity contribution in [3.63, 3.8) is 0 Å². The molecule has 1 aromatic heterocycles. The van der Waals surface area contributed by atoms with Crippen molar-refractivity contribution in [3.8, 4) is 0 Å². The number of nitrogens with one attached hydrogen (secondary N) is 2. The monoisotopic (exact) mass is 370 g/mol. The lowest BCUT2D eigenvalue weighted by Gasteiger charge is -2.20. The summed E-state index contributed by atoms with van der Waals surface area (Å²) in [6.45, 7) is 0. The molecule has 0 bridgehead atoms. The van der Waals surface area contributed by atoms with Crippen LogP contribution < -0.4 is 10.6 Å². The molecular weight excluding hydrogens is 355 g/mol. The molecule has 1 heterocycles. The van der Waals surface area contributed by atoms with E-state index < -0.39 is 18.0 Å². The van der Waals surface area contributed by atoms with Gasteiger partial charge in [-0.1, -0.05) is 29.3 Å². The fourth-order valence-corrected chi connectivity index (χ4v) is 2.55. The molecule has 0 aliphatic carbocycles. The highest BCUT2D eigenvalue weighted by Gasteiger charge is 2.27. The quantitative estimate of drug-likeness (QED) is 0.843. The second kappa shape index (κ2) is 7.65. The smallest absolute Gasteiger partial charge is 0.272 e. The molecule has 0 fully saturated rings. The fraction of sp³-hybridized carbons (Fsp3) is 0.267. The zero-order valence-electron chi connectivity index (χ0n) is 13.3. The minimum atomic E-state index is -0.710. The van der Waals surface area contributed by atoms with Crippen molar-refractivity contribution in [2.24, 2.45) is 0 Å². The highest BCUT2D eigenvalue weighted by atomic mass is 35.5. The van der Waals surface area contributed by atoms with Crippen LogP contribution in [0.3, 0.4) is 0 Å². The molecule has 1 aromatic carbocycles. The van der Waals surface area contributed by atoms with Crippen molar-refractivity contribution in [1.29, 1.82) is 0 Å². The summed E-state index contributed by atoms with van der Waals surface area (Å²) in [6, 6.07) is 4.97. The van der Waals surface area contributed by atoms with Crippen LogP contribution in [0, 0.1) is 0 Å². The average Bonchev–Trinajstić information content (AvgIpc) is 3.02. The summed E-state index contributed by atoms with van der Waals surface area (Å²) in [5.74, 6) is -0.940. The van der Waals surface area contributed by atoms with Crippen molar-refractivity contribution in [2.75, 3.05) is 21.2 Å². The molecule has 1 atom stereocenters. The summed E-state index contributed by atoms with van der Waals surface area (Å²) >= 11 is 12.0. The summed E-state index contributed by atoms with van der Waals surface area (Å²) in [4.78, 5) is 28.3. The van der Waals surface area contributed by atoms with Crippen LogP contribution in [0.25, 0.3) is 0 Å². The number of imidazole rings is 1. The SMILES string of the molecule is CNC(=O)c1ncn(C(OC)c2ccc(Cl)c(Cl)c2)c1C(=O)NC. The zero-order chi connectivity index (χ0) is 17.9. The minimum Gasteiger partial charge on any atom is -0.357 e. The predicted molar refractivity (Wildman–Crippen MR) is 90.6 cm³/mol. The predicted octanol–water partition coefficient (Wildman–Crippen LogP) is 2.10. The van der Waals surface area contributed by atoms with Gasteiger partial charge in [-0.05, 0) is 12.1 Å². The molecule has 0 aliphatic heterocycles. The second-order valence-corrected chi connectivity index (χ2v) is 5.58. The van der Waals surface area contributed by atoms with Crippen LogP contribution in [-0.2, 0) is 4.74 Å². The Labute approximate surface area is 148 Å². The maximum absolute atomic E-state index is 12.3. The number of aromatic nitrogens is 2. The van der Waals surface area contributed by atoms with Gasteiger partial charge in [-0.25, -0.2) is 4.98 Å². The number of carbonyl (C=O) groups excluding carboxylic acids is 2. The number of methoxy groups -OCH3 is 1. The van der Waals surface area contributed by atoms with Crippen LogP contribution in [0.4, 0.5) is 0 Å². The van der Waals surface area contributed by atoms with E-state index in [9.17, 15) is 9.59 Å². The summed E-state index contributed by atoms with van der Waals surface area (Å²) in [7, 11) is 4.40. The Morgan fingerprint density at radius 2 is 1.83 bits per heavy atom. The zero-order valence-corrected chi connectivity index (χ0v) is 14.8. The molecular formula is C15H16Cl2N4O3. The topological polar surface area (TPSA) is 85.2 Å². The van der Waals surface area contributed by atoms with Gasteiger partial charge in [0.1, 0.15) is 5.69 Å². The molecule has 0 radical (unpaired) electrons. The second-order valence-electron chi connectivity index (χ2n) is 4.77. The van der Waals surface area contributed by atoms with Gasteiger partial charge >= 0.3 is 0 Å². The molecule has 2 amide bonds. The molecule has 0 aliphatic rings. The van der Waals surface area contributed by atoms with Gasteiger partial charge in [-0.2, -0.15) is 0 Å². The van der Waals surface area contributed by atoms with Crippen LogP contribution in [0.5, 0.6) is 0 Å². The van der Waals surface area contributed by atoms with Crippen molar-refractivity contribution in [2.45, 2.75) is 6.23 Å². The number of nitrogens with zero attached hydrogens (tertiary/aromatic N) is 2. The molecule has 1 unspecified atom stereocenters. The van der Waals surface area contributed by atoms with E-state index in [0.29, 0.717) is 15.6 Å². The molecule has 0 spiro atoms. The Balaban J connectivity index is 2.59. The largest absolute Gasteiger partial charge is 0.357 e. The first-order valence-electron chi connectivity index (χ1n) is 6.93. The molecule has 7 nitrogen and oxygen atoms in total. The van der Waals surface area contributed by atoms with E-state index in [1.54, 1.807) is 18.2 Å². The first-order chi connectivity index (χ1) is 11.4. The Bertz CT molecular complexity index is 776. The number of ether oxygens (including phenoxy) is 1. The first kappa shape index (κ1) is 18.3. The van der Waals surface area contributed by atoms with E-state index in [1.807, 2.05) is 0 Å². The van der Waals surface area contributed by atoms with Crippen LogP contribution in [0.15, 0.2) is 24.5 Å². The number of halogens is 2. The van der Waals surface area contributed by atoms with Crippen LogP contribution in [0.2, 0.25) is 10.0 Å². The van der Waals surface area contributed by atoms with E-state index in [2.05, 4.69) is 15.6 Å². The molecule has 9 heteroatoms. The lowest BCUT2D eigenvalue weighted by atomic mass is 10.2. The van der Waals surface area contributed by atoms with E-state index in [1.165, 1.54) is 32.1 Å². The van der Waals surface area contributed by atoms with Crippen molar-refractivity contribution < 1.29 is 14.3 Å². The van der Waals surface area contributed by atoms with Gasteiger partial charge < -0.3 is 15.4 Å². The Kier molecular flexibility index (Phi) is 5.82. The molecule has 24 heavy (non-hydrogen) atoms. The summed E-state index contributed by atoms with van der Waals surface area (Å²) in [6.07, 6.45) is 0.657. The third kappa shape index (κ3) is 3.38. The summed E-state index contributed by atoms with van der Waals surface area (Å²) in [5.41, 5.74) is 0.728. The van der Waals surface area contributed by atoms with E-state index >= 15 is 0 Å². The third-order valence-electron chi connectivity index (χ3n) is 3.38. The molecule has 2 aromatic rings. The van der Waals surface area contributed by atoms with Gasteiger partial charge in [0.2, 0.25) is 0 Å². The standard InChI is InChI=1S/C15H16Cl2N4O3/c1-18-13(22)11-12(14(23)19-2)21(7-20-11)15(24-3)8-4-5-9(16)10(17)6-8/h4-7,15H,1-3H3,(H,18,22)(H,19,23). The van der Waals surface area contributed by atoms with E-state index in [4.69, 9.17) is 27.9 Å². The molecule has 128 valence electrons. The highest BCUT2D eigenvalue weighted by Crippen LogP contribution is 2.29. The van der Waals surface area contributed by atoms with Crippen molar-refractivity contribution >= 4 is 35.0 Å². The van der Waals surface area contributed by atoms with Gasteiger partial charge in [0, 0.05) is 26.8 Å². The van der Waals surface area contributed by atoms with Crippen molar-refractivity contribution in [3.05, 3.63) is 51.5 Å². The lowest BCUT2D eigenvalue weighted by Crippen LogP contribution is -2.29. The Morgan fingerprint density at radius 1 is 1.17 bits per heavy atom.